The molecular formula is C10H11ClN6. The Kier molecular flexibility index (Phi) is 3.46. The lowest BCUT2D eigenvalue weighted by atomic mass is 10.2. The van der Waals surface area contributed by atoms with Crippen molar-refractivity contribution in [2.24, 2.45) is 0 Å². The predicted molar refractivity (Wildman–Crippen MR) is 65.4 cm³/mol. The summed E-state index contributed by atoms with van der Waals surface area (Å²) in [5.74, 6) is 0.818. The van der Waals surface area contributed by atoms with Crippen LogP contribution in [0.3, 0.4) is 0 Å². The first kappa shape index (κ1) is 11.7. The first-order valence-electron chi connectivity index (χ1n) is 4.92. The van der Waals surface area contributed by atoms with E-state index in [0.717, 1.165) is 5.56 Å². The molecule has 2 aromatic rings. The zero-order chi connectivity index (χ0) is 12.3. The number of nitrogens with one attached hydrogen (secondary N) is 1. The van der Waals surface area contributed by atoms with Crippen molar-refractivity contribution in [2.75, 3.05) is 19.5 Å². The molecule has 2 rings (SSSR count). The van der Waals surface area contributed by atoms with Gasteiger partial charge in [0, 0.05) is 24.7 Å². The largest absolute Gasteiger partial charge is 0.285 e. The van der Waals surface area contributed by atoms with Gasteiger partial charge in [-0.1, -0.05) is 11.6 Å². The second-order valence-electron chi connectivity index (χ2n) is 3.56. The Bertz CT molecular complexity index is 481. The molecule has 0 aliphatic rings. The molecule has 0 saturated carbocycles. The zero-order valence-corrected chi connectivity index (χ0v) is 10.2. The standard InChI is InChI=1S/C10H11ClN6/c1-17(2)16-10-14-12-9(13-15-10)7-3-5-8(11)6-4-7/h3-6H,1-2H3,(H,14,15,16). The Morgan fingerprint density at radius 1 is 1.00 bits per heavy atom. The molecule has 0 fully saturated rings. The Morgan fingerprint density at radius 2 is 1.59 bits per heavy atom. The molecule has 0 atom stereocenters. The van der Waals surface area contributed by atoms with Crippen molar-refractivity contribution in [3.8, 4) is 11.4 Å². The summed E-state index contributed by atoms with van der Waals surface area (Å²) in [4.78, 5) is 0. The van der Waals surface area contributed by atoms with Gasteiger partial charge in [0.15, 0.2) is 0 Å². The molecule has 0 spiro atoms. The van der Waals surface area contributed by atoms with Crippen LogP contribution in [0.5, 0.6) is 0 Å². The minimum Gasteiger partial charge on any atom is -0.285 e. The summed E-state index contributed by atoms with van der Waals surface area (Å²) >= 11 is 5.79. The van der Waals surface area contributed by atoms with Crippen molar-refractivity contribution in [2.45, 2.75) is 0 Å². The maximum atomic E-state index is 5.79. The van der Waals surface area contributed by atoms with Crippen molar-refractivity contribution in [3.63, 3.8) is 0 Å². The Hall–Kier alpha value is -1.79. The van der Waals surface area contributed by atoms with Gasteiger partial charge >= 0.3 is 0 Å². The average Bonchev–Trinajstić information content (AvgIpc) is 2.30. The third-order valence-corrected chi connectivity index (χ3v) is 2.16. The van der Waals surface area contributed by atoms with E-state index in [4.69, 9.17) is 11.6 Å². The van der Waals surface area contributed by atoms with Crippen LogP contribution in [0.25, 0.3) is 11.4 Å². The maximum Gasteiger partial charge on any atom is 0.276 e. The maximum absolute atomic E-state index is 5.79. The molecule has 0 aliphatic carbocycles. The predicted octanol–water partition coefficient (Wildman–Crippen LogP) is 1.48. The fourth-order valence-corrected chi connectivity index (χ4v) is 1.31. The van der Waals surface area contributed by atoms with Gasteiger partial charge in [-0.25, -0.2) is 5.01 Å². The summed E-state index contributed by atoms with van der Waals surface area (Å²) in [5, 5.41) is 18.1. The molecule has 1 N–H and O–H groups in total. The molecule has 17 heavy (non-hydrogen) atoms. The highest BCUT2D eigenvalue weighted by Gasteiger charge is 2.04. The van der Waals surface area contributed by atoms with Gasteiger partial charge in [0.1, 0.15) is 0 Å². The molecule has 6 nitrogen and oxygen atoms in total. The highest BCUT2D eigenvalue weighted by molar-refractivity contribution is 6.30. The van der Waals surface area contributed by atoms with E-state index in [1.165, 1.54) is 0 Å². The smallest absolute Gasteiger partial charge is 0.276 e. The topological polar surface area (TPSA) is 66.8 Å². The second-order valence-corrected chi connectivity index (χ2v) is 4.00. The monoisotopic (exact) mass is 250 g/mol. The van der Waals surface area contributed by atoms with Crippen molar-refractivity contribution in [1.82, 2.24) is 25.4 Å². The molecule has 0 aliphatic heterocycles. The van der Waals surface area contributed by atoms with Gasteiger partial charge in [0.05, 0.1) is 0 Å². The average molecular weight is 251 g/mol. The molecule has 1 aromatic carbocycles. The van der Waals surface area contributed by atoms with Gasteiger partial charge in [-0.05, 0) is 24.3 Å². The highest BCUT2D eigenvalue weighted by atomic mass is 35.5. The van der Waals surface area contributed by atoms with Crippen LogP contribution in [0.15, 0.2) is 24.3 Å². The molecule has 0 unspecified atom stereocenters. The van der Waals surface area contributed by atoms with E-state index < -0.39 is 0 Å². The molecule has 7 heteroatoms. The van der Waals surface area contributed by atoms with E-state index in [-0.39, 0.29) is 0 Å². The number of hydrogen-bond acceptors (Lipinski definition) is 6. The van der Waals surface area contributed by atoms with Gasteiger partial charge < -0.3 is 0 Å². The lowest BCUT2D eigenvalue weighted by Crippen LogP contribution is -2.22. The number of rotatable bonds is 3. The number of hydrogen-bond donors (Lipinski definition) is 1. The summed E-state index contributed by atoms with van der Waals surface area (Å²) in [5.41, 5.74) is 3.68. The molecular weight excluding hydrogens is 240 g/mol. The van der Waals surface area contributed by atoms with Gasteiger partial charge in [-0.15, -0.1) is 20.4 Å². The van der Waals surface area contributed by atoms with Crippen molar-refractivity contribution in [1.29, 1.82) is 0 Å². The molecule has 0 bridgehead atoms. The number of aromatic nitrogens is 4. The number of benzene rings is 1. The minimum absolute atomic E-state index is 0.354. The SMILES string of the molecule is CN(C)Nc1nnc(-c2ccc(Cl)cc2)nn1. The Balaban J connectivity index is 2.20. The van der Waals surface area contributed by atoms with E-state index in [1.807, 2.05) is 26.2 Å². The van der Waals surface area contributed by atoms with Crippen LogP contribution in [0, 0.1) is 0 Å². The van der Waals surface area contributed by atoms with E-state index >= 15 is 0 Å². The fraction of sp³-hybridized carbons (Fsp3) is 0.200. The van der Waals surface area contributed by atoms with E-state index in [9.17, 15) is 0 Å². The van der Waals surface area contributed by atoms with Crippen LogP contribution in [0.1, 0.15) is 0 Å². The third-order valence-electron chi connectivity index (χ3n) is 1.90. The summed E-state index contributed by atoms with van der Waals surface area (Å²) in [6.07, 6.45) is 0. The first-order valence-corrected chi connectivity index (χ1v) is 5.30. The van der Waals surface area contributed by atoms with Crippen LogP contribution >= 0.6 is 11.6 Å². The number of hydrazine groups is 1. The van der Waals surface area contributed by atoms with Crippen molar-refractivity contribution < 1.29 is 0 Å². The van der Waals surface area contributed by atoms with Crippen LogP contribution in [-0.4, -0.2) is 39.5 Å². The number of halogens is 1. The summed E-state index contributed by atoms with van der Waals surface area (Å²) in [7, 11) is 3.66. The van der Waals surface area contributed by atoms with E-state index in [0.29, 0.717) is 16.8 Å². The molecule has 1 aromatic heterocycles. The highest BCUT2D eigenvalue weighted by Crippen LogP contribution is 2.16. The molecule has 88 valence electrons. The Morgan fingerprint density at radius 3 is 2.12 bits per heavy atom. The minimum atomic E-state index is 0.354. The first-order chi connectivity index (χ1) is 8.15. The lowest BCUT2D eigenvalue weighted by molar-refractivity contribution is 0.485. The lowest BCUT2D eigenvalue weighted by Gasteiger charge is -2.09. The van der Waals surface area contributed by atoms with E-state index in [1.54, 1.807) is 17.1 Å². The Labute approximate surface area is 104 Å². The molecule has 0 radical (unpaired) electrons. The van der Waals surface area contributed by atoms with Crippen molar-refractivity contribution in [3.05, 3.63) is 29.3 Å². The number of nitrogens with zero attached hydrogens (tertiary/aromatic N) is 5. The summed E-state index contributed by atoms with van der Waals surface area (Å²) < 4.78 is 0. The van der Waals surface area contributed by atoms with E-state index in [2.05, 4.69) is 25.8 Å². The second kappa shape index (κ2) is 5.03. The quantitative estimate of drug-likeness (QED) is 0.833. The fourth-order valence-electron chi connectivity index (χ4n) is 1.19. The van der Waals surface area contributed by atoms with Gasteiger partial charge in [-0.2, -0.15) is 0 Å². The zero-order valence-electron chi connectivity index (χ0n) is 9.42. The van der Waals surface area contributed by atoms with Gasteiger partial charge in [0.25, 0.3) is 5.95 Å². The van der Waals surface area contributed by atoms with Crippen LogP contribution in [0.4, 0.5) is 5.95 Å². The molecule has 0 amide bonds. The molecule has 0 saturated heterocycles. The van der Waals surface area contributed by atoms with Crippen LogP contribution in [-0.2, 0) is 0 Å². The van der Waals surface area contributed by atoms with Crippen LogP contribution < -0.4 is 5.43 Å². The van der Waals surface area contributed by atoms with Crippen LogP contribution in [0.2, 0.25) is 5.02 Å². The normalized spacial score (nSPS) is 10.6. The number of anilines is 1. The van der Waals surface area contributed by atoms with Gasteiger partial charge in [-0.3, -0.25) is 5.43 Å². The summed E-state index contributed by atoms with van der Waals surface area (Å²) in [6.45, 7) is 0. The third kappa shape index (κ3) is 3.08. The van der Waals surface area contributed by atoms with Gasteiger partial charge in [0.2, 0.25) is 5.82 Å². The van der Waals surface area contributed by atoms with Crippen molar-refractivity contribution >= 4 is 17.5 Å². The summed E-state index contributed by atoms with van der Waals surface area (Å²) in [6, 6.07) is 7.18. The molecule has 1 heterocycles.